The van der Waals surface area contributed by atoms with E-state index in [1.165, 1.54) is 14.7 Å². The van der Waals surface area contributed by atoms with E-state index in [4.69, 9.17) is 0 Å². The molecule has 2 heteroatoms. The van der Waals surface area contributed by atoms with E-state index in [0.29, 0.717) is 0 Å². The Bertz CT molecular complexity index is 374. The maximum absolute atomic E-state index is 4.28. The van der Waals surface area contributed by atoms with Crippen LogP contribution in [-0.4, -0.2) is 4.98 Å². The molecule has 0 aliphatic heterocycles. The van der Waals surface area contributed by atoms with Crippen molar-refractivity contribution in [2.24, 2.45) is 0 Å². The van der Waals surface area contributed by atoms with Crippen LogP contribution < -0.4 is 0 Å². The molecule has 0 spiro atoms. The summed E-state index contributed by atoms with van der Waals surface area (Å²) < 4.78 is 1.26. The second-order valence-electron chi connectivity index (χ2n) is 3.20. The summed E-state index contributed by atoms with van der Waals surface area (Å²) in [4.78, 5) is 4.28. The number of aryl methyl sites for hydroxylation is 1. The quantitative estimate of drug-likeness (QED) is 0.732. The molecule has 1 heterocycles. The van der Waals surface area contributed by atoms with E-state index >= 15 is 0 Å². The third-order valence-electron chi connectivity index (χ3n) is 2.09. The van der Waals surface area contributed by atoms with Crippen LogP contribution in [0.2, 0.25) is 0 Å². The molecule has 0 aliphatic rings. The Morgan fingerprint density at radius 2 is 1.57 bits per heavy atom. The molecular weight excluding hydrogens is 285 g/mol. The van der Waals surface area contributed by atoms with E-state index in [9.17, 15) is 0 Å². The number of benzene rings is 1. The molecule has 2 aromatic rings. The van der Waals surface area contributed by atoms with Gasteiger partial charge in [0.1, 0.15) is 0 Å². The number of hydrogen-bond acceptors (Lipinski definition) is 1. The van der Waals surface area contributed by atoms with Gasteiger partial charge in [0.2, 0.25) is 0 Å². The highest BCUT2D eigenvalue weighted by Crippen LogP contribution is 2.19. The molecule has 70 valence electrons. The van der Waals surface area contributed by atoms with Gasteiger partial charge in [0, 0.05) is 21.0 Å². The zero-order chi connectivity index (χ0) is 9.97. The monoisotopic (exact) mass is 295 g/mol. The minimum absolute atomic E-state index is 1.05. The molecule has 1 aromatic heterocycles. The van der Waals surface area contributed by atoms with Gasteiger partial charge in [-0.15, -0.1) is 0 Å². The van der Waals surface area contributed by atoms with Crippen LogP contribution in [0.5, 0.6) is 0 Å². The molecule has 0 atom stereocenters. The van der Waals surface area contributed by atoms with Crippen LogP contribution in [0, 0.1) is 10.5 Å². The number of rotatable bonds is 1. The van der Waals surface area contributed by atoms with Gasteiger partial charge in [-0.1, -0.05) is 18.2 Å². The highest BCUT2D eigenvalue weighted by Gasteiger charge is 1.96. The first kappa shape index (κ1) is 9.65. The van der Waals surface area contributed by atoms with Gasteiger partial charge in [0.15, 0.2) is 0 Å². The predicted molar refractivity (Wildman–Crippen MR) is 67.1 cm³/mol. The van der Waals surface area contributed by atoms with Gasteiger partial charge in [0.25, 0.3) is 0 Å². The van der Waals surface area contributed by atoms with Crippen molar-refractivity contribution in [3.8, 4) is 11.1 Å². The van der Waals surface area contributed by atoms with Crippen molar-refractivity contribution in [2.45, 2.75) is 6.92 Å². The second kappa shape index (κ2) is 4.09. The lowest BCUT2D eigenvalue weighted by molar-refractivity contribution is 1.20. The lowest BCUT2D eigenvalue weighted by atomic mass is 10.1. The Balaban J connectivity index is 2.40. The lowest BCUT2D eigenvalue weighted by Gasteiger charge is -2.01. The first-order chi connectivity index (χ1) is 6.75. The van der Waals surface area contributed by atoms with E-state index in [1.807, 2.05) is 19.2 Å². The Morgan fingerprint density at radius 1 is 0.929 bits per heavy atom. The first-order valence-corrected chi connectivity index (χ1v) is 5.52. The van der Waals surface area contributed by atoms with Crippen molar-refractivity contribution in [3.63, 3.8) is 0 Å². The molecule has 0 aliphatic carbocycles. The van der Waals surface area contributed by atoms with Gasteiger partial charge in [0.05, 0.1) is 0 Å². The Kier molecular flexibility index (Phi) is 2.82. The standard InChI is InChI=1S/C12H10IN/c1-9-2-3-11(8-14-9)10-4-6-12(13)7-5-10/h2-8H,1H3. The summed E-state index contributed by atoms with van der Waals surface area (Å²) >= 11 is 2.31. The van der Waals surface area contributed by atoms with Crippen LogP contribution in [0.3, 0.4) is 0 Å². The molecule has 1 aromatic carbocycles. The third-order valence-corrected chi connectivity index (χ3v) is 2.81. The third kappa shape index (κ3) is 2.12. The van der Waals surface area contributed by atoms with Crippen molar-refractivity contribution in [2.75, 3.05) is 0 Å². The molecule has 1 nitrogen and oxygen atoms in total. The Hall–Kier alpha value is -0.900. The largest absolute Gasteiger partial charge is 0.261 e. The summed E-state index contributed by atoms with van der Waals surface area (Å²) in [5.74, 6) is 0. The lowest BCUT2D eigenvalue weighted by Crippen LogP contribution is -1.82. The van der Waals surface area contributed by atoms with E-state index in [1.54, 1.807) is 0 Å². The van der Waals surface area contributed by atoms with Crippen LogP contribution in [0.25, 0.3) is 11.1 Å². The summed E-state index contributed by atoms with van der Waals surface area (Å²) in [5, 5.41) is 0. The average Bonchev–Trinajstić information content (AvgIpc) is 2.21. The molecule has 0 saturated heterocycles. The fraction of sp³-hybridized carbons (Fsp3) is 0.0833. The molecule has 0 N–H and O–H groups in total. The SMILES string of the molecule is Cc1ccc(-c2ccc(I)cc2)cn1. The van der Waals surface area contributed by atoms with Gasteiger partial charge in [-0.05, 0) is 53.3 Å². The first-order valence-electron chi connectivity index (χ1n) is 4.44. The summed E-state index contributed by atoms with van der Waals surface area (Å²) in [6, 6.07) is 12.6. The fourth-order valence-corrected chi connectivity index (χ4v) is 1.64. The van der Waals surface area contributed by atoms with Crippen molar-refractivity contribution in [1.82, 2.24) is 4.98 Å². The van der Waals surface area contributed by atoms with Gasteiger partial charge in [-0.2, -0.15) is 0 Å². The number of nitrogens with zero attached hydrogens (tertiary/aromatic N) is 1. The van der Waals surface area contributed by atoms with Gasteiger partial charge < -0.3 is 0 Å². The second-order valence-corrected chi connectivity index (χ2v) is 4.44. The Labute approximate surface area is 97.3 Å². The molecule has 0 saturated carbocycles. The molecule has 2 rings (SSSR count). The van der Waals surface area contributed by atoms with Gasteiger partial charge >= 0.3 is 0 Å². The van der Waals surface area contributed by atoms with Crippen LogP contribution >= 0.6 is 22.6 Å². The average molecular weight is 295 g/mol. The van der Waals surface area contributed by atoms with Crippen LogP contribution in [-0.2, 0) is 0 Å². The van der Waals surface area contributed by atoms with Crippen molar-refractivity contribution < 1.29 is 0 Å². The number of aromatic nitrogens is 1. The summed E-state index contributed by atoms with van der Waals surface area (Å²) in [6.07, 6.45) is 1.91. The normalized spacial score (nSPS) is 10.1. The smallest absolute Gasteiger partial charge is 0.0373 e. The van der Waals surface area contributed by atoms with E-state index in [-0.39, 0.29) is 0 Å². The minimum atomic E-state index is 1.05. The maximum Gasteiger partial charge on any atom is 0.0373 e. The highest BCUT2D eigenvalue weighted by atomic mass is 127. The van der Waals surface area contributed by atoms with E-state index < -0.39 is 0 Å². The van der Waals surface area contributed by atoms with Gasteiger partial charge in [-0.25, -0.2) is 0 Å². The zero-order valence-electron chi connectivity index (χ0n) is 7.87. The van der Waals surface area contributed by atoms with Crippen molar-refractivity contribution >= 4 is 22.6 Å². The summed E-state index contributed by atoms with van der Waals surface area (Å²) in [5.41, 5.74) is 3.45. The van der Waals surface area contributed by atoms with Crippen LogP contribution in [0.4, 0.5) is 0 Å². The van der Waals surface area contributed by atoms with Crippen LogP contribution in [0.15, 0.2) is 42.6 Å². The topological polar surface area (TPSA) is 12.9 Å². The molecule has 0 radical (unpaired) electrons. The molecule has 14 heavy (non-hydrogen) atoms. The molecule has 0 unspecified atom stereocenters. The van der Waals surface area contributed by atoms with Gasteiger partial charge in [-0.3, -0.25) is 4.98 Å². The predicted octanol–water partition coefficient (Wildman–Crippen LogP) is 3.66. The number of halogens is 1. The molecule has 0 fully saturated rings. The molecule has 0 amide bonds. The van der Waals surface area contributed by atoms with E-state index in [2.05, 4.69) is 57.9 Å². The molecular formula is C12H10IN. The van der Waals surface area contributed by atoms with Crippen molar-refractivity contribution in [3.05, 3.63) is 51.9 Å². The summed E-state index contributed by atoms with van der Waals surface area (Å²) in [6.45, 7) is 2.00. The maximum atomic E-state index is 4.28. The fourth-order valence-electron chi connectivity index (χ4n) is 1.28. The Morgan fingerprint density at radius 3 is 2.14 bits per heavy atom. The van der Waals surface area contributed by atoms with E-state index in [0.717, 1.165) is 5.69 Å². The zero-order valence-corrected chi connectivity index (χ0v) is 10.0. The number of pyridine rings is 1. The molecule has 0 bridgehead atoms. The van der Waals surface area contributed by atoms with Crippen LogP contribution in [0.1, 0.15) is 5.69 Å². The number of hydrogen-bond donors (Lipinski definition) is 0. The minimum Gasteiger partial charge on any atom is -0.261 e. The van der Waals surface area contributed by atoms with Crippen molar-refractivity contribution in [1.29, 1.82) is 0 Å². The summed E-state index contributed by atoms with van der Waals surface area (Å²) in [7, 11) is 0. The highest BCUT2D eigenvalue weighted by molar-refractivity contribution is 14.1.